The highest BCUT2D eigenvalue weighted by atomic mass is 35.5. The molecule has 112 valence electrons. The molecule has 0 atom stereocenters. The molecule has 0 aliphatic carbocycles. The van der Waals surface area contributed by atoms with Crippen LogP contribution in [0.2, 0.25) is 5.02 Å². The van der Waals surface area contributed by atoms with Crippen molar-refractivity contribution >= 4 is 34.8 Å². The number of aromatic nitrogens is 2. The van der Waals surface area contributed by atoms with Crippen LogP contribution in [-0.4, -0.2) is 15.8 Å². The lowest BCUT2D eigenvalue weighted by Crippen LogP contribution is -1.97. The zero-order valence-electron chi connectivity index (χ0n) is 12.5. The molecule has 3 nitrogen and oxygen atoms in total. The van der Waals surface area contributed by atoms with Gasteiger partial charge in [0.2, 0.25) is 5.95 Å². The monoisotopic (exact) mass is 311 g/mol. The quantitative estimate of drug-likeness (QED) is 0.593. The third kappa shape index (κ3) is 3.20. The topological polar surface area (TPSA) is 30.2 Å². The van der Waals surface area contributed by atoms with E-state index >= 15 is 0 Å². The van der Waals surface area contributed by atoms with E-state index in [0.29, 0.717) is 0 Å². The highest BCUT2D eigenvalue weighted by Gasteiger charge is 2.08. The van der Waals surface area contributed by atoms with Crippen LogP contribution in [0.5, 0.6) is 0 Å². The molecule has 0 radical (unpaired) electrons. The van der Waals surface area contributed by atoms with Crippen LogP contribution in [0.1, 0.15) is 25.3 Å². The van der Waals surface area contributed by atoms with Crippen molar-refractivity contribution in [1.82, 2.24) is 9.55 Å². The summed E-state index contributed by atoms with van der Waals surface area (Å²) >= 11 is 5.90. The SMILES string of the molecule is CCCCn1c(N=Cc2ccc(Cl)cc2)nc2ccccc21. The van der Waals surface area contributed by atoms with Gasteiger partial charge < -0.3 is 4.57 Å². The van der Waals surface area contributed by atoms with E-state index < -0.39 is 0 Å². The molecule has 0 saturated heterocycles. The maximum absolute atomic E-state index is 5.90. The number of para-hydroxylation sites is 2. The Kier molecular flexibility index (Phi) is 4.54. The molecule has 0 spiro atoms. The Balaban J connectivity index is 1.96. The van der Waals surface area contributed by atoms with Crippen LogP contribution >= 0.6 is 11.6 Å². The molecular formula is C18H18ClN3. The molecule has 1 aromatic heterocycles. The van der Waals surface area contributed by atoms with Gasteiger partial charge in [-0.1, -0.05) is 49.2 Å². The molecule has 3 rings (SSSR count). The molecule has 1 heterocycles. The fraction of sp³-hybridized carbons (Fsp3) is 0.222. The van der Waals surface area contributed by atoms with Gasteiger partial charge in [0.05, 0.1) is 11.0 Å². The van der Waals surface area contributed by atoms with Gasteiger partial charge in [-0.15, -0.1) is 0 Å². The van der Waals surface area contributed by atoms with Gasteiger partial charge in [-0.2, -0.15) is 0 Å². The Hall–Kier alpha value is -2.13. The number of unbranched alkanes of at least 4 members (excludes halogenated alkanes) is 1. The summed E-state index contributed by atoms with van der Waals surface area (Å²) in [7, 11) is 0. The molecule has 22 heavy (non-hydrogen) atoms. The van der Waals surface area contributed by atoms with Crippen LogP contribution in [0.3, 0.4) is 0 Å². The average Bonchev–Trinajstić information content (AvgIpc) is 2.90. The number of rotatable bonds is 5. The number of nitrogens with zero attached hydrogens (tertiary/aromatic N) is 3. The van der Waals surface area contributed by atoms with Crippen molar-refractivity contribution in [3.05, 3.63) is 59.1 Å². The van der Waals surface area contributed by atoms with E-state index in [1.807, 2.05) is 48.7 Å². The van der Waals surface area contributed by atoms with Gasteiger partial charge in [-0.3, -0.25) is 0 Å². The molecule has 0 amide bonds. The second kappa shape index (κ2) is 6.75. The fourth-order valence-corrected chi connectivity index (χ4v) is 2.51. The zero-order valence-corrected chi connectivity index (χ0v) is 13.3. The lowest BCUT2D eigenvalue weighted by atomic mass is 10.2. The van der Waals surface area contributed by atoms with E-state index in [-0.39, 0.29) is 0 Å². The number of fused-ring (bicyclic) bond motifs is 1. The van der Waals surface area contributed by atoms with Crippen molar-refractivity contribution in [3.8, 4) is 0 Å². The van der Waals surface area contributed by atoms with Gasteiger partial charge in [0, 0.05) is 17.8 Å². The van der Waals surface area contributed by atoms with Gasteiger partial charge in [-0.05, 0) is 36.2 Å². The van der Waals surface area contributed by atoms with Gasteiger partial charge in [0.1, 0.15) is 0 Å². The molecule has 0 aliphatic rings. The fourth-order valence-electron chi connectivity index (χ4n) is 2.38. The number of hydrogen-bond donors (Lipinski definition) is 0. The van der Waals surface area contributed by atoms with E-state index in [4.69, 9.17) is 11.6 Å². The third-order valence-electron chi connectivity index (χ3n) is 3.57. The van der Waals surface area contributed by atoms with Gasteiger partial charge in [0.15, 0.2) is 0 Å². The van der Waals surface area contributed by atoms with Crippen molar-refractivity contribution < 1.29 is 0 Å². The normalized spacial score (nSPS) is 11.5. The van der Waals surface area contributed by atoms with E-state index in [1.165, 1.54) is 0 Å². The lowest BCUT2D eigenvalue weighted by molar-refractivity contribution is 0.649. The van der Waals surface area contributed by atoms with Crippen LogP contribution in [0, 0.1) is 0 Å². The second-order valence-corrected chi connectivity index (χ2v) is 5.65. The van der Waals surface area contributed by atoms with Crippen LogP contribution in [0.15, 0.2) is 53.5 Å². The third-order valence-corrected chi connectivity index (χ3v) is 3.82. The molecule has 3 aromatic rings. The van der Waals surface area contributed by atoms with Gasteiger partial charge >= 0.3 is 0 Å². The smallest absolute Gasteiger partial charge is 0.230 e. The first-order valence-electron chi connectivity index (χ1n) is 7.53. The predicted molar refractivity (Wildman–Crippen MR) is 93.3 cm³/mol. The molecule has 0 saturated carbocycles. The van der Waals surface area contributed by atoms with Crippen LogP contribution in [0.4, 0.5) is 5.95 Å². The minimum Gasteiger partial charge on any atom is -0.308 e. The average molecular weight is 312 g/mol. The van der Waals surface area contributed by atoms with Crippen molar-refractivity contribution in [1.29, 1.82) is 0 Å². The minimum absolute atomic E-state index is 0.729. The number of hydrogen-bond acceptors (Lipinski definition) is 2. The van der Waals surface area contributed by atoms with E-state index in [0.717, 1.165) is 47.0 Å². The molecule has 0 N–H and O–H groups in total. The molecular weight excluding hydrogens is 294 g/mol. The van der Waals surface area contributed by atoms with Crippen LogP contribution in [-0.2, 0) is 6.54 Å². The summed E-state index contributed by atoms with van der Waals surface area (Å²) in [5.74, 6) is 0.754. The summed E-state index contributed by atoms with van der Waals surface area (Å²) in [6.07, 6.45) is 4.09. The first-order valence-corrected chi connectivity index (χ1v) is 7.90. The van der Waals surface area contributed by atoms with E-state index in [1.54, 1.807) is 0 Å². The van der Waals surface area contributed by atoms with Crippen molar-refractivity contribution in [2.75, 3.05) is 0 Å². The Bertz CT molecular complexity index is 788. The zero-order chi connectivity index (χ0) is 15.4. The van der Waals surface area contributed by atoms with Crippen LogP contribution in [0.25, 0.3) is 11.0 Å². The molecule has 2 aromatic carbocycles. The minimum atomic E-state index is 0.729. The number of halogens is 1. The summed E-state index contributed by atoms with van der Waals surface area (Å²) in [5, 5.41) is 0.729. The number of aryl methyl sites for hydroxylation is 1. The number of aliphatic imine (C=N–C) groups is 1. The standard InChI is InChI=1S/C18H18ClN3/c1-2-3-12-22-17-7-5-4-6-16(17)21-18(22)20-13-14-8-10-15(19)11-9-14/h4-11,13H,2-3,12H2,1H3. The van der Waals surface area contributed by atoms with Crippen molar-refractivity contribution in [3.63, 3.8) is 0 Å². The Morgan fingerprint density at radius 2 is 1.91 bits per heavy atom. The summed E-state index contributed by atoms with van der Waals surface area (Å²) in [4.78, 5) is 9.22. The second-order valence-electron chi connectivity index (χ2n) is 5.22. The Morgan fingerprint density at radius 1 is 1.14 bits per heavy atom. The summed E-state index contributed by atoms with van der Waals surface area (Å²) in [6.45, 7) is 3.13. The summed E-state index contributed by atoms with van der Waals surface area (Å²) in [5.41, 5.74) is 3.14. The first kappa shape index (κ1) is 14.8. The largest absolute Gasteiger partial charge is 0.308 e. The predicted octanol–water partition coefficient (Wildman–Crippen LogP) is 5.24. The summed E-state index contributed by atoms with van der Waals surface area (Å²) in [6, 6.07) is 15.8. The lowest BCUT2D eigenvalue weighted by Gasteiger charge is -2.05. The molecule has 0 aliphatic heterocycles. The van der Waals surface area contributed by atoms with E-state index in [9.17, 15) is 0 Å². The highest BCUT2D eigenvalue weighted by molar-refractivity contribution is 6.30. The number of imidazole rings is 1. The van der Waals surface area contributed by atoms with Gasteiger partial charge in [0.25, 0.3) is 0 Å². The Morgan fingerprint density at radius 3 is 2.68 bits per heavy atom. The van der Waals surface area contributed by atoms with E-state index in [2.05, 4.69) is 27.5 Å². The molecule has 4 heteroatoms. The van der Waals surface area contributed by atoms with Crippen LogP contribution < -0.4 is 0 Å². The van der Waals surface area contributed by atoms with Crippen molar-refractivity contribution in [2.24, 2.45) is 4.99 Å². The maximum atomic E-state index is 5.90. The highest BCUT2D eigenvalue weighted by Crippen LogP contribution is 2.22. The molecule has 0 fully saturated rings. The van der Waals surface area contributed by atoms with Gasteiger partial charge in [-0.25, -0.2) is 9.98 Å². The van der Waals surface area contributed by atoms with Crippen molar-refractivity contribution in [2.45, 2.75) is 26.3 Å². The maximum Gasteiger partial charge on any atom is 0.230 e. The molecule has 0 bridgehead atoms. The summed E-state index contributed by atoms with van der Waals surface area (Å²) < 4.78 is 2.19. The Labute approximate surface area is 135 Å². The molecule has 0 unspecified atom stereocenters. The first-order chi connectivity index (χ1) is 10.8. The number of benzene rings is 2.